The highest BCUT2D eigenvalue weighted by molar-refractivity contribution is 9.10. The van der Waals surface area contributed by atoms with Gasteiger partial charge in [0.2, 0.25) is 0 Å². The quantitative estimate of drug-likeness (QED) is 0.785. The number of rotatable bonds is 6. The normalized spacial score (nSPS) is 12.2. The van der Waals surface area contributed by atoms with E-state index in [1.807, 2.05) is 18.7 Å². The van der Waals surface area contributed by atoms with Crippen molar-refractivity contribution in [1.29, 1.82) is 0 Å². The van der Waals surface area contributed by atoms with E-state index in [0.717, 1.165) is 19.3 Å². The van der Waals surface area contributed by atoms with Crippen LogP contribution in [0.1, 0.15) is 50.4 Å². The van der Waals surface area contributed by atoms with Gasteiger partial charge in [-0.15, -0.1) is 0 Å². The van der Waals surface area contributed by atoms with Crippen molar-refractivity contribution < 1.29 is 9.18 Å². The lowest BCUT2D eigenvalue weighted by atomic mass is 10.1. The molecule has 0 aliphatic heterocycles. The van der Waals surface area contributed by atoms with Crippen molar-refractivity contribution in [1.82, 2.24) is 4.90 Å². The number of nitrogens with zero attached hydrogens (tertiary/aromatic N) is 1. The van der Waals surface area contributed by atoms with Gasteiger partial charge in [-0.25, -0.2) is 4.39 Å². The number of carbonyl (C=O) groups is 1. The number of halogens is 2. The van der Waals surface area contributed by atoms with Crippen molar-refractivity contribution in [2.45, 2.75) is 46.1 Å². The van der Waals surface area contributed by atoms with E-state index < -0.39 is 5.82 Å². The number of benzene rings is 1. The predicted octanol–water partition coefficient (Wildman–Crippen LogP) is 4.21. The lowest BCUT2D eigenvalue weighted by molar-refractivity contribution is 0.0684. The second kappa shape index (κ2) is 7.62. The highest BCUT2D eigenvalue weighted by atomic mass is 79.9. The van der Waals surface area contributed by atoms with E-state index >= 15 is 0 Å². The Kier molecular flexibility index (Phi) is 6.46. The number of amides is 1. The van der Waals surface area contributed by atoms with Crippen LogP contribution in [-0.4, -0.2) is 23.4 Å². The van der Waals surface area contributed by atoms with Gasteiger partial charge in [-0.2, -0.15) is 0 Å². The number of anilines is 1. The fraction of sp³-hybridized carbons (Fsp3) is 0.533. The topological polar surface area (TPSA) is 46.3 Å². The summed E-state index contributed by atoms with van der Waals surface area (Å²) in [6.07, 6.45) is 2.85. The maximum atomic E-state index is 13.4. The lowest BCUT2D eigenvalue weighted by Gasteiger charge is -2.29. The number of carbonyl (C=O) groups excluding carboxylic acids is 1. The Bertz CT molecular complexity index is 479. The van der Waals surface area contributed by atoms with E-state index in [1.165, 1.54) is 12.1 Å². The lowest BCUT2D eigenvalue weighted by Crippen LogP contribution is -2.39. The van der Waals surface area contributed by atoms with Crippen molar-refractivity contribution in [2.75, 3.05) is 12.3 Å². The van der Waals surface area contributed by atoms with Crippen LogP contribution in [0.3, 0.4) is 0 Å². The minimum atomic E-state index is -0.517. The van der Waals surface area contributed by atoms with Gasteiger partial charge in [0.25, 0.3) is 5.91 Å². The zero-order chi connectivity index (χ0) is 15.3. The van der Waals surface area contributed by atoms with E-state index in [9.17, 15) is 9.18 Å². The minimum absolute atomic E-state index is 0.00357. The van der Waals surface area contributed by atoms with Crippen molar-refractivity contribution in [3.05, 3.63) is 28.0 Å². The van der Waals surface area contributed by atoms with Gasteiger partial charge in [-0.05, 0) is 47.8 Å². The molecule has 1 aromatic rings. The molecule has 0 radical (unpaired) electrons. The fourth-order valence-corrected chi connectivity index (χ4v) is 2.44. The van der Waals surface area contributed by atoms with Gasteiger partial charge in [0.05, 0.1) is 11.3 Å². The van der Waals surface area contributed by atoms with Gasteiger partial charge in [-0.3, -0.25) is 4.79 Å². The molecular formula is C15H22BrFN2O. The van der Waals surface area contributed by atoms with E-state index in [0.29, 0.717) is 16.6 Å². The summed E-state index contributed by atoms with van der Waals surface area (Å²) in [7, 11) is 0. The van der Waals surface area contributed by atoms with Crippen LogP contribution in [0.5, 0.6) is 0 Å². The molecule has 0 bridgehead atoms. The first-order chi connectivity index (χ1) is 9.42. The summed E-state index contributed by atoms with van der Waals surface area (Å²) in [4.78, 5) is 14.5. The standard InChI is InChI=1S/C15H22BrFN2O/c1-4-6-7-19(10(3)5-2)15(20)11-8-14(18)13(17)9-12(11)16/h8-10H,4-7,18H2,1-3H3. The van der Waals surface area contributed by atoms with E-state index in [4.69, 9.17) is 5.73 Å². The number of hydrogen-bond acceptors (Lipinski definition) is 2. The van der Waals surface area contributed by atoms with Gasteiger partial charge < -0.3 is 10.6 Å². The van der Waals surface area contributed by atoms with Crippen molar-refractivity contribution in [3.8, 4) is 0 Å². The zero-order valence-corrected chi connectivity index (χ0v) is 13.8. The molecule has 0 fully saturated rings. The van der Waals surface area contributed by atoms with Crippen LogP contribution in [0, 0.1) is 5.82 Å². The van der Waals surface area contributed by atoms with E-state index in [1.54, 1.807) is 0 Å². The van der Waals surface area contributed by atoms with Crippen LogP contribution in [-0.2, 0) is 0 Å². The van der Waals surface area contributed by atoms with Gasteiger partial charge in [-0.1, -0.05) is 20.3 Å². The number of unbranched alkanes of at least 4 members (excludes halogenated alkanes) is 1. The Morgan fingerprint density at radius 2 is 2.10 bits per heavy atom. The maximum absolute atomic E-state index is 13.4. The Labute approximate surface area is 128 Å². The summed E-state index contributed by atoms with van der Waals surface area (Å²) in [6, 6.07) is 2.80. The first-order valence-corrected chi connectivity index (χ1v) is 7.77. The summed E-state index contributed by atoms with van der Waals surface area (Å²) in [5.74, 6) is -0.622. The molecule has 20 heavy (non-hydrogen) atoms. The monoisotopic (exact) mass is 344 g/mol. The van der Waals surface area contributed by atoms with Gasteiger partial charge >= 0.3 is 0 Å². The Morgan fingerprint density at radius 3 is 2.65 bits per heavy atom. The maximum Gasteiger partial charge on any atom is 0.255 e. The van der Waals surface area contributed by atoms with Crippen LogP contribution in [0.4, 0.5) is 10.1 Å². The van der Waals surface area contributed by atoms with Crippen LogP contribution in [0.25, 0.3) is 0 Å². The molecular weight excluding hydrogens is 323 g/mol. The van der Waals surface area contributed by atoms with Gasteiger partial charge in [0.15, 0.2) is 0 Å². The summed E-state index contributed by atoms with van der Waals surface area (Å²) in [6.45, 7) is 6.86. The minimum Gasteiger partial charge on any atom is -0.396 e. The van der Waals surface area contributed by atoms with Crippen molar-refractivity contribution >= 4 is 27.5 Å². The highest BCUT2D eigenvalue weighted by Crippen LogP contribution is 2.25. The molecule has 0 saturated carbocycles. The molecule has 2 N–H and O–H groups in total. The molecule has 0 aromatic heterocycles. The van der Waals surface area contributed by atoms with Crippen LogP contribution in [0.15, 0.2) is 16.6 Å². The largest absolute Gasteiger partial charge is 0.396 e. The highest BCUT2D eigenvalue weighted by Gasteiger charge is 2.22. The molecule has 0 aliphatic carbocycles. The second-order valence-corrected chi connectivity index (χ2v) is 5.82. The molecule has 1 amide bonds. The Balaban J connectivity index is 3.08. The second-order valence-electron chi connectivity index (χ2n) is 4.96. The Morgan fingerprint density at radius 1 is 1.45 bits per heavy atom. The average Bonchev–Trinajstić information content (AvgIpc) is 2.42. The van der Waals surface area contributed by atoms with E-state index in [-0.39, 0.29) is 17.6 Å². The molecule has 1 rings (SSSR count). The van der Waals surface area contributed by atoms with Gasteiger partial charge in [0.1, 0.15) is 5.82 Å². The summed E-state index contributed by atoms with van der Waals surface area (Å²) in [5.41, 5.74) is 5.98. The molecule has 0 saturated heterocycles. The first kappa shape index (κ1) is 17.0. The van der Waals surface area contributed by atoms with Gasteiger partial charge in [0, 0.05) is 17.1 Å². The molecule has 112 valence electrons. The molecule has 1 aromatic carbocycles. The average molecular weight is 345 g/mol. The third-order valence-corrected chi connectivity index (χ3v) is 4.11. The molecule has 0 aliphatic rings. The number of hydrogen-bond donors (Lipinski definition) is 1. The molecule has 5 heteroatoms. The van der Waals surface area contributed by atoms with Crippen LogP contribution >= 0.6 is 15.9 Å². The smallest absolute Gasteiger partial charge is 0.255 e. The molecule has 0 spiro atoms. The van der Waals surface area contributed by atoms with Crippen LogP contribution in [0.2, 0.25) is 0 Å². The Hall–Kier alpha value is -1.10. The first-order valence-electron chi connectivity index (χ1n) is 6.97. The predicted molar refractivity (Wildman–Crippen MR) is 84.2 cm³/mol. The molecule has 3 nitrogen and oxygen atoms in total. The van der Waals surface area contributed by atoms with Crippen molar-refractivity contribution in [3.63, 3.8) is 0 Å². The van der Waals surface area contributed by atoms with E-state index in [2.05, 4.69) is 22.9 Å². The number of nitrogen functional groups attached to an aromatic ring is 1. The summed E-state index contributed by atoms with van der Waals surface area (Å²) in [5, 5.41) is 0. The molecule has 1 atom stereocenters. The summed E-state index contributed by atoms with van der Waals surface area (Å²) < 4.78 is 13.8. The molecule has 0 heterocycles. The third-order valence-electron chi connectivity index (χ3n) is 3.45. The SMILES string of the molecule is CCCCN(C(=O)c1cc(N)c(F)cc1Br)C(C)CC. The number of nitrogens with two attached hydrogens (primary N) is 1. The molecule has 1 unspecified atom stereocenters. The van der Waals surface area contributed by atoms with Crippen molar-refractivity contribution in [2.24, 2.45) is 0 Å². The summed E-state index contributed by atoms with van der Waals surface area (Å²) >= 11 is 3.25. The van der Waals surface area contributed by atoms with Crippen LogP contribution < -0.4 is 5.73 Å². The fourth-order valence-electron chi connectivity index (χ4n) is 1.96. The third kappa shape index (κ3) is 3.95. The zero-order valence-electron chi connectivity index (χ0n) is 12.2.